The van der Waals surface area contributed by atoms with Crippen LogP contribution in [0.3, 0.4) is 0 Å². The quantitative estimate of drug-likeness (QED) is 0.236. The molecule has 42 heavy (non-hydrogen) atoms. The molecular formula is C32H31FN8O. The number of nitrogen functional groups attached to an aromatic ring is 1. The predicted octanol–water partition coefficient (Wildman–Crippen LogP) is 4.73. The van der Waals surface area contributed by atoms with Crippen molar-refractivity contribution >= 4 is 23.4 Å². The van der Waals surface area contributed by atoms with Gasteiger partial charge in [0.2, 0.25) is 6.41 Å². The number of pyridine rings is 2. The second-order valence-electron chi connectivity index (χ2n) is 10.9. The average Bonchev–Trinajstić information content (AvgIpc) is 3.33. The lowest BCUT2D eigenvalue weighted by Gasteiger charge is -2.59. The normalized spacial score (nSPS) is 15.4. The Labute approximate surface area is 243 Å². The Morgan fingerprint density at radius 2 is 1.76 bits per heavy atom. The molecule has 1 aromatic carbocycles. The molecule has 0 aliphatic carbocycles. The molecule has 2 aliphatic rings. The van der Waals surface area contributed by atoms with Gasteiger partial charge in [0, 0.05) is 55.6 Å². The van der Waals surface area contributed by atoms with Gasteiger partial charge in [-0.2, -0.15) is 0 Å². The number of carbonyl (C=O) groups excluding carboxylic acids is 1. The summed E-state index contributed by atoms with van der Waals surface area (Å²) in [5, 5.41) is 0. The maximum absolute atomic E-state index is 13.5. The van der Waals surface area contributed by atoms with E-state index in [1.807, 2.05) is 34.6 Å². The SMILES string of the molecule is C=CC.Nc1ncccc1-c1cc2ncc(-c3ccc(F)cn3)nc2n1-c1ccc(CN2CC3(CN(C=O)C3)C2)cc1. The van der Waals surface area contributed by atoms with Gasteiger partial charge in [-0.1, -0.05) is 18.2 Å². The van der Waals surface area contributed by atoms with E-state index in [4.69, 9.17) is 10.7 Å². The maximum atomic E-state index is 13.5. The minimum Gasteiger partial charge on any atom is -0.383 e. The third kappa shape index (κ3) is 5.12. The topological polar surface area (TPSA) is 106 Å². The number of likely N-dealkylation sites (tertiary alicyclic amines) is 2. The molecule has 10 heteroatoms. The van der Waals surface area contributed by atoms with Gasteiger partial charge in [-0.05, 0) is 55.0 Å². The van der Waals surface area contributed by atoms with Crippen molar-refractivity contribution in [3.8, 4) is 28.3 Å². The molecule has 212 valence electrons. The fourth-order valence-corrected chi connectivity index (χ4v) is 5.82. The summed E-state index contributed by atoms with van der Waals surface area (Å²) < 4.78 is 15.5. The van der Waals surface area contributed by atoms with E-state index in [9.17, 15) is 9.18 Å². The number of aromatic nitrogens is 5. The van der Waals surface area contributed by atoms with Gasteiger partial charge in [0.25, 0.3) is 0 Å². The lowest BCUT2D eigenvalue weighted by Crippen LogP contribution is -2.71. The highest BCUT2D eigenvalue weighted by Gasteiger charge is 2.51. The van der Waals surface area contributed by atoms with Crippen molar-refractivity contribution in [2.75, 3.05) is 31.9 Å². The molecule has 5 aromatic rings. The fraction of sp³-hybridized carbons (Fsp3) is 0.219. The van der Waals surface area contributed by atoms with E-state index in [1.54, 1.807) is 24.5 Å². The first-order valence-electron chi connectivity index (χ1n) is 13.7. The molecule has 2 saturated heterocycles. The molecule has 0 unspecified atom stereocenters. The van der Waals surface area contributed by atoms with Crippen LogP contribution in [0, 0.1) is 11.2 Å². The van der Waals surface area contributed by atoms with Gasteiger partial charge >= 0.3 is 0 Å². The molecule has 7 rings (SSSR count). The molecule has 2 aliphatic heterocycles. The zero-order valence-electron chi connectivity index (χ0n) is 23.3. The van der Waals surface area contributed by atoms with Crippen molar-refractivity contribution in [2.24, 2.45) is 5.41 Å². The van der Waals surface area contributed by atoms with Crippen LogP contribution in [0.15, 0.2) is 85.8 Å². The molecule has 1 amide bonds. The fourth-order valence-electron chi connectivity index (χ4n) is 5.82. The molecule has 1 spiro atoms. The van der Waals surface area contributed by atoms with E-state index in [-0.39, 0.29) is 0 Å². The van der Waals surface area contributed by atoms with Gasteiger partial charge in [-0.15, -0.1) is 6.58 Å². The standard InChI is InChI=1S/C29H25FN8O.C3H6/c30-20-5-8-23(33-11-20)25-12-34-24-10-26(22-2-1-9-32-27(22)31)38(28(24)35-25)21-6-3-19(4-7-21)13-36-14-29(15-36)16-37(17-29)18-39;1-3-2/h1-12,18H,13-17H2,(H2,31,32);3H,1H2,2H3. The number of anilines is 1. The number of nitrogens with two attached hydrogens (primary N) is 1. The Morgan fingerprint density at radius 3 is 2.43 bits per heavy atom. The molecule has 9 nitrogen and oxygen atoms in total. The number of fused-ring (bicyclic) bond motifs is 1. The van der Waals surface area contributed by atoms with Crippen molar-refractivity contribution in [3.63, 3.8) is 0 Å². The molecule has 6 heterocycles. The largest absolute Gasteiger partial charge is 0.383 e. The highest BCUT2D eigenvalue weighted by Crippen LogP contribution is 2.39. The summed E-state index contributed by atoms with van der Waals surface area (Å²) in [6.07, 6.45) is 7.16. The van der Waals surface area contributed by atoms with E-state index < -0.39 is 5.82 Å². The number of nitrogens with zero attached hydrogens (tertiary/aromatic N) is 7. The number of halogens is 1. The summed E-state index contributed by atoms with van der Waals surface area (Å²) >= 11 is 0. The van der Waals surface area contributed by atoms with E-state index in [2.05, 4.69) is 50.7 Å². The van der Waals surface area contributed by atoms with Crippen molar-refractivity contribution in [1.82, 2.24) is 34.3 Å². The van der Waals surface area contributed by atoms with Crippen LogP contribution in [0.25, 0.3) is 39.5 Å². The van der Waals surface area contributed by atoms with Crippen molar-refractivity contribution in [1.29, 1.82) is 0 Å². The maximum Gasteiger partial charge on any atom is 0.209 e. The number of benzene rings is 1. The smallest absolute Gasteiger partial charge is 0.209 e. The van der Waals surface area contributed by atoms with Crippen LogP contribution in [0.4, 0.5) is 10.2 Å². The second-order valence-corrected chi connectivity index (χ2v) is 10.9. The Bertz CT molecular complexity index is 1740. The van der Waals surface area contributed by atoms with Crippen molar-refractivity contribution in [2.45, 2.75) is 13.5 Å². The van der Waals surface area contributed by atoms with Gasteiger partial charge in [0.1, 0.15) is 22.8 Å². The molecule has 2 N–H and O–H groups in total. The van der Waals surface area contributed by atoms with Crippen molar-refractivity contribution in [3.05, 3.63) is 97.2 Å². The molecular weight excluding hydrogens is 531 g/mol. The van der Waals surface area contributed by atoms with E-state index in [1.165, 1.54) is 17.8 Å². The Balaban J connectivity index is 0.00000101. The molecule has 0 bridgehead atoms. The first-order valence-corrected chi connectivity index (χ1v) is 13.7. The summed E-state index contributed by atoms with van der Waals surface area (Å²) in [6.45, 7) is 9.87. The van der Waals surface area contributed by atoms with Crippen LogP contribution < -0.4 is 5.73 Å². The van der Waals surface area contributed by atoms with Gasteiger partial charge in [0.15, 0.2) is 5.65 Å². The third-order valence-electron chi connectivity index (χ3n) is 7.56. The lowest BCUT2D eigenvalue weighted by atomic mass is 9.73. The third-order valence-corrected chi connectivity index (χ3v) is 7.56. The number of allylic oxidation sites excluding steroid dienone is 1. The highest BCUT2D eigenvalue weighted by molar-refractivity contribution is 5.87. The van der Waals surface area contributed by atoms with E-state index in [0.717, 1.165) is 56.1 Å². The van der Waals surface area contributed by atoms with E-state index in [0.29, 0.717) is 33.8 Å². The highest BCUT2D eigenvalue weighted by atomic mass is 19.1. The first-order chi connectivity index (χ1) is 20.4. The molecule has 0 saturated carbocycles. The lowest BCUT2D eigenvalue weighted by molar-refractivity contribution is -0.147. The zero-order valence-corrected chi connectivity index (χ0v) is 23.3. The van der Waals surface area contributed by atoms with E-state index >= 15 is 0 Å². The van der Waals surface area contributed by atoms with Crippen LogP contribution in [0.2, 0.25) is 0 Å². The number of carbonyl (C=O) groups is 1. The zero-order chi connectivity index (χ0) is 29.3. The number of hydrogen-bond donors (Lipinski definition) is 1. The summed E-state index contributed by atoms with van der Waals surface area (Å²) in [6, 6.07) is 17.1. The summed E-state index contributed by atoms with van der Waals surface area (Å²) in [5.41, 5.74) is 12.7. The van der Waals surface area contributed by atoms with Crippen LogP contribution in [-0.4, -0.2) is 66.9 Å². The van der Waals surface area contributed by atoms with Crippen LogP contribution >= 0.6 is 0 Å². The second kappa shape index (κ2) is 11.1. The Kier molecular flexibility index (Phi) is 7.22. The summed E-state index contributed by atoms with van der Waals surface area (Å²) in [5.74, 6) is 0.00376. The average molecular weight is 563 g/mol. The Hall–Kier alpha value is -4.96. The number of amides is 1. The number of rotatable bonds is 6. The monoisotopic (exact) mass is 562 g/mol. The van der Waals surface area contributed by atoms with Gasteiger partial charge < -0.3 is 10.6 Å². The van der Waals surface area contributed by atoms with Crippen molar-refractivity contribution < 1.29 is 9.18 Å². The van der Waals surface area contributed by atoms with Gasteiger partial charge in [-0.3, -0.25) is 24.2 Å². The van der Waals surface area contributed by atoms with Crippen LogP contribution in [-0.2, 0) is 11.3 Å². The molecule has 0 atom stereocenters. The summed E-state index contributed by atoms with van der Waals surface area (Å²) in [7, 11) is 0. The molecule has 2 fully saturated rings. The first kappa shape index (κ1) is 27.2. The minimum atomic E-state index is -0.408. The summed E-state index contributed by atoms with van der Waals surface area (Å²) in [4.78, 5) is 33.1. The van der Waals surface area contributed by atoms with Gasteiger partial charge in [-0.25, -0.2) is 14.4 Å². The van der Waals surface area contributed by atoms with Gasteiger partial charge in [0.05, 0.1) is 23.8 Å². The molecule has 4 aromatic heterocycles. The Morgan fingerprint density at radius 1 is 1.00 bits per heavy atom. The van der Waals surface area contributed by atoms with Crippen LogP contribution in [0.1, 0.15) is 12.5 Å². The predicted molar refractivity (Wildman–Crippen MR) is 161 cm³/mol. The number of hydrogen-bond acceptors (Lipinski definition) is 7. The minimum absolute atomic E-state index is 0.291. The molecule has 0 radical (unpaired) electrons. The van der Waals surface area contributed by atoms with Crippen LogP contribution in [0.5, 0.6) is 0 Å².